The van der Waals surface area contributed by atoms with Gasteiger partial charge in [0.1, 0.15) is 18.1 Å². The Balaban J connectivity index is 1.45. The molecule has 3 aromatic rings. The summed E-state index contributed by atoms with van der Waals surface area (Å²) in [5.41, 5.74) is 5.93. The Labute approximate surface area is 237 Å². The van der Waals surface area contributed by atoms with Crippen molar-refractivity contribution in [1.82, 2.24) is 5.32 Å². The highest BCUT2D eigenvalue weighted by Gasteiger charge is 2.13. The molecule has 0 spiro atoms. The van der Waals surface area contributed by atoms with Crippen LogP contribution in [0.4, 0.5) is 0 Å². The molecule has 0 unspecified atom stereocenters. The van der Waals surface area contributed by atoms with Gasteiger partial charge in [0.05, 0.1) is 0 Å². The summed E-state index contributed by atoms with van der Waals surface area (Å²) in [6, 6.07) is 26.5. The highest BCUT2D eigenvalue weighted by atomic mass is 16.5. The third-order valence-corrected chi connectivity index (χ3v) is 7.33. The Hall–Kier alpha value is -3.04. The van der Waals surface area contributed by atoms with Crippen molar-refractivity contribution in [2.75, 3.05) is 19.7 Å². The first-order valence-electron chi connectivity index (χ1n) is 15.2. The number of ether oxygens (including phenoxy) is 1. The van der Waals surface area contributed by atoms with Crippen LogP contribution in [0.1, 0.15) is 101 Å². The first kappa shape index (κ1) is 30.5. The van der Waals surface area contributed by atoms with Gasteiger partial charge in [0.25, 0.3) is 0 Å². The van der Waals surface area contributed by atoms with Crippen molar-refractivity contribution >= 4 is 11.1 Å². The van der Waals surface area contributed by atoms with E-state index in [-0.39, 0.29) is 5.75 Å². The number of nitrogens with one attached hydrogen (secondary N) is 1. The monoisotopic (exact) mass is 527 g/mol. The second-order valence-corrected chi connectivity index (χ2v) is 10.4. The summed E-state index contributed by atoms with van der Waals surface area (Å²) in [6.07, 6.45) is 14.6. The van der Waals surface area contributed by atoms with E-state index in [4.69, 9.17) is 4.74 Å². The maximum Gasteiger partial charge on any atom is 0.119 e. The second kappa shape index (κ2) is 18.3. The Morgan fingerprint density at radius 1 is 0.615 bits per heavy atom. The molecular formula is C36H49NO2. The molecule has 0 bridgehead atoms. The van der Waals surface area contributed by atoms with Crippen LogP contribution < -0.4 is 10.1 Å². The van der Waals surface area contributed by atoms with E-state index in [0.29, 0.717) is 6.61 Å². The van der Waals surface area contributed by atoms with E-state index in [1.807, 2.05) is 12.1 Å². The van der Waals surface area contributed by atoms with Crippen LogP contribution in [0.3, 0.4) is 0 Å². The normalized spacial score (nSPS) is 11.8. The Kier molecular flexibility index (Phi) is 14.3. The molecule has 0 aromatic heterocycles. The molecule has 0 atom stereocenters. The predicted octanol–water partition coefficient (Wildman–Crippen LogP) is 9.65. The minimum absolute atomic E-state index is 0.279. The third-order valence-electron chi connectivity index (χ3n) is 7.33. The van der Waals surface area contributed by atoms with Crippen molar-refractivity contribution in [3.05, 3.63) is 95.6 Å². The number of hydrogen-bond donors (Lipinski definition) is 2. The first-order valence-corrected chi connectivity index (χ1v) is 15.2. The molecule has 3 aromatic carbocycles. The van der Waals surface area contributed by atoms with Gasteiger partial charge in [-0.25, -0.2) is 0 Å². The quantitative estimate of drug-likeness (QED) is 0.120. The summed E-state index contributed by atoms with van der Waals surface area (Å²) in [6.45, 7) is 7.08. The number of hydrogen-bond acceptors (Lipinski definition) is 3. The summed E-state index contributed by atoms with van der Waals surface area (Å²) < 4.78 is 6.02. The fourth-order valence-electron chi connectivity index (χ4n) is 5.13. The molecule has 3 rings (SSSR count). The van der Waals surface area contributed by atoms with E-state index >= 15 is 0 Å². The van der Waals surface area contributed by atoms with Crippen molar-refractivity contribution in [2.45, 2.75) is 84.5 Å². The summed E-state index contributed by atoms with van der Waals surface area (Å²) >= 11 is 0. The summed E-state index contributed by atoms with van der Waals surface area (Å²) in [5, 5.41) is 13.4. The fourth-order valence-corrected chi connectivity index (χ4v) is 5.13. The van der Waals surface area contributed by atoms with Crippen molar-refractivity contribution < 1.29 is 9.84 Å². The van der Waals surface area contributed by atoms with Crippen molar-refractivity contribution in [2.24, 2.45) is 0 Å². The van der Waals surface area contributed by atoms with Gasteiger partial charge in [-0.2, -0.15) is 0 Å². The number of unbranched alkanes of at least 4 members (excludes halogenated alkanes) is 9. The summed E-state index contributed by atoms with van der Waals surface area (Å²) in [5.74, 6) is 1.17. The molecule has 0 heterocycles. The lowest BCUT2D eigenvalue weighted by molar-refractivity contribution is 0.313. The first-order chi connectivity index (χ1) is 19.2. The van der Waals surface area contributed by atoms with Gasteiger partial charge in [-0.1, -0.05) is 126 Å². The largest absolute Gasteiger partial charge is 0.508 e. The van der Waals surface area contributed by atoms with E-state index in [9.17, 15) is 5.11 Å². The van der Waals surface area contributed by atoms with Gasteiger partial charge in [-0.3, -0.25) is 0 Å². The lowest BCUT2D eigenvalue weighted by Gasteiger charge is -2.17. The average molecular weight is 528 g/mol. The van der Waals surface area contributed by atoms with Gasteiger partial charge < -0.3 is 15.2 Å². The predicted molar refractivity (Wildman–Crippen MR) is 167 cm³/mol. The van der Waals surface area contributed by atoms with Gasteiger partial charge in [-0.05, 0) is 71.5 Å². The topological polar surface area (TPSA) is 41.5 Å². The smallest absolute Gasteiger partial charge is 0.119 e. The second-order valence-electron chi connectivity index (χ2n) is 10.4. The SMILES string of the molecule is CCCCCCCCCCCCNCCOc1ccc(/C(=C(/CC)c2ccccc2)c2ccc(O)cc2)cc1. The van der Waals surface area contributed by atoms with Crippen molar-refractivity contribution in [1.29, 1.82) is 0 Å². The molecular weight excluding hydrogens is 478 g/mol. The third kappa shape index (κ3) is 10.9. The minimum Gasteiger partial charge on any atom is -0.508 e. The zero-order chi connectivity index (χ0) is 27.5. The number of rotatable bonds is 19. The fraction of sp³-hybridized carbons (Fsp3) is 0.444. The molecule has 0 aliphatic carbocycles. The maximum absolute atomic E-state index is 9.85. The van der Waals surface area contributed by atoms with Gasteiger partial charge in [-0.15, -0.1) is 0 Å². The Morgan fingerprint density at radius 2 is 1.18 bits per heavy atom. The number of phenols is 1. The minimum atomic E-state index is 0.279. The summed E-state index contributed by atoms with van der Waals surface area (Å²) in [4.78, 5) is 0. The van der Waals surface area contributed by atoms with Crippen molar-refractivity contribution in [3.8, 4) is 11.5 Å². The molecule has 0 radical (unpaired) electrons. The molecule has 2 N–H and O–H groups in total. The molecule has 3 heteroatoms. The van der Waals surface area contributed by atoms with Gasteiger partial charge >= 0.3 is 0 Å². The standard InChI is InChI=1S/C36H49NO2/c1-3-5-6-7-8-9-10-11-12-16-27-37-28-29-39-34-25-21-32(22-26-34)36(31-19-23-33(38)24-20-31)35(4-2)30-17-14-13-15-18-30/h13-15,17-26,37-38H,3-12,16,27-29H2,1-2H3/b36-35-. The van der Waals surface area contributed by atoms with E-state index < -0.39 is 0 Å². The molecule has 3 nitrogen and oxygen atoms in total. The van der Waals surface area contributed by atoms with E-state index in [1.165, 1.54) is 80.9 Å². The van der Waals surface area contributed by atoms with Crippen LogP contribution in [-0.4, -0.2) is 24.8 Å². The molecule has 0 amide bonds. The van der Waals surface area contributed by atoms with Crippen LogP contribution in [0.5, 0.6) is 11.5 Å². The van der Waals surface area contributed by atoms with Crippen LogP contribution in [0, 0.1) is 0 Å². The number of phenolic OH excluding ortho intramolecular Hbond substituents is 1. The lowest BCUT2D eigenvalue weighted by atomic mass is 9.88. The van der Waals surface area contributed by atoms with Crippen molar-refractivity contribution in [3.63, 3.8) is 0 Å². The Bertz CT molecular complexity index is 1070. The van der Waals surface area contributed by atoms with Crippen LogP contribution in [-0.2, 0) is 0 Å². The zero-order valence-electron chi connectivity index (χ0n) is 24.3. The molecule has 39 heavy (non-hydrogen) atoms. The van der Waals surface area contributed by atoms with Gasteiger partial charge in [0.15, 0.2) is 0 Å². The molecule has 210 valence electrons. The molecule has 0 fully saturated rings. The van der Waals surface area contributed by atoms with E-state index in [0.717, 1.165) is 36.4 Å². The highest BCUT2D eigenvalue weighted by molar-refractivity contribution is 5.98. The molecule has 0 aliphatic rings. The van der Waals surface area contributed by atoms with Gasteiger partial charge in [0, 0.05) is 6.54 Å². The van der Waals surface area contributed by atoms with Crippen LogP contribution in [0.15, 0.2) is 78.9 Å². The van der Waals surface area contributed by atoms with Crippen LogP contribution in [0.2, 0.25) is 0 Å². The summed E-state index contributed by atoms with van der Waals surface area (Å²) in [7, 11) is 0. The zero-order valence-corrected chi connectivity index (χ0v) is 24.3. The molecule has 0 saturated carbocycles. The van der Waals surface area contributed by atoms with Crippen LogP contribution in [0.25, 0.3) is 11.1 Å². The van der Waals surface area contributed by atoms with Gasteiger partial charge in [0.2, 0.25) is 0 Å². The maximum atomic E-state index is 9.85. The number of aromatic hydroxyl groups is 1. The van der Waals surface area contributed by atoms with E-state index in [2.05, 4.69) is 73.8 Å². The Morgan fingerprint density at radius 3 is 1.77 bits per heavy atom. The molecule has 0 saturated heterocycles. The van der Waals surface area contributed by atoms with Crippen LogP contribution >= 0.6 is 0 Å². The highest BCUT2D eigenvalue weighted by Crippen LogP contribution is 2.35. The average Bonchev–Trinajstić information content (AvgIpc) is 2.97. The van der Waals surface area contributed by atoms with E-state index in [1.54, 1.807) is 12.1 Å². The lowest BCUT2D eigenvalue weighted by Crippen LogP contribution is -2.22. The number of allylic oxidation sites excluding steroid dienone is 1. The molecule has 0 aliphatic heterocycles. The number of benzene rings is 3.